The molecule has 100 valence electrons. The Hall–Kier alpha value is -1.55. The van der Waals surface area contributed by atoms with Crippen molar-refractivity contribution in [3.63, 3.8) is 0 Å². The Labute approximate surface area is 109 Å². The number of nitrogens with one attached hydrogen (secondary N) is 1. The summed E-state index contributed by atoms with van der Waals surface area (Å²) in [4.78, 5) is 11.7. The largest absolute Gasteiger partial charge is 0.444 e. The van der Waals surface area contributed by atoms with E-state index in [1.54, 1.807) is 6.92 Å². The summed E-state index contributed by atoms with van der Waals surface area (Å²) in [5, 5.41) is 2.68. The fourth-order valence-electron chi connectivity index (χ4n) is 1.60. The molecule has 4 heteroatoms. The molecular weight excluding hydrogens is 228 g/mol. The highest BCUT2D eigenvalue weighted by atomic mass is 16.6. The van der Waals surface area contributed by atoms with Gasteiger partial charge in [0, 0.05) is 6.42 Å². The van der Waals surface area contributed by atoms with E-state index in [1.807, 2.05) is 51.1 Å². The first-order chi connectivity index (χ1) is 8.18. The molecule has 1 rings (SSSR count). The number of nitrogens with two attached hydrogens (primary N) is 1. The predicted octanol–water partition coefficient (Wildman–Crippen LogP) is 2.43. The molecule has 0 saturated heterocycles. The third-order valence-corrected chi connectivity index (χ3v) is 2.20. The SMILES string of the molecule is CC(C)(C)OC(=O)N[C@@](C)(N)Cc1ccccc1. The molecule has 0 unspecified atom stereocenters. The standard InChI is InChI=1S/C14H22N2O2/c1-13(2,3)18-12(17)16-14(4,15)10-11-8-6-5-7-9-11/h5-9H,10,15H2,1-4H3,(H,16,17)/t14-/m1/s1. The number of hydrogen-bond donors (Lipinski definition) is 2. The van der Waals surface area contributed by atoms with Gasteiger partial charge in [-0.1, -0.05) is 30.3 Å². The van der Waals surface area contributed by atoms with Crippen LogP contribution < -0.4 is 11.1 Å². The topological polar surface area (TPSA) is 64.3 Å². The van der Waals surface area contributed by atoms with Crippen molar-refractivity contribution in [1.29, 1.82) is 0 Å². The first kappa shape index (κ1) is 14.5. The van der Waals surface area contributed by atoms with Crippen LogP contribution in [0.2, 0.25) is 0 Å². The molecule has 0 saturated carbocycles. The molecule has 0 aromatic heterocycles. The van der Waals surface area contributed by atoms with Crippen LogP contribution in [0.1, 0.15) is 33.3 Å². The zero-order chi connectivity index (χ0) is 13.8. The van der Waals surface area contributed by atoms with Crippen LogP contribution in [-0.4, -0.2) is 17.4 Å². The fraction of sp³-hybridized carbons (Fsp3) is 0.500. The second-order valence-corrected chi connectivity index (χ2v) is 5.71. The minimum atomic E-state index is -0.830. The van der Waals surface area contributed by atoms with Crippen molar-refractivity contribution in [2.75, 3.05) is 0 Å². The molecule has 4 nitrogen and oxygen atoms in total. The summed E-state index contributed by atoms with van der Waals surface area (Å²) in [5.41, 5.74) is 5.77. The van der Waals surface area contributed by atoms with Crippen molar-refractivity contribution in [2.24, 2.45) is 5.73 Å². The minimum absolute atomic E-state index is 0.497. The zero-order valence-electron chi connectivity index (χ0n) is 11.5. The Morgan fingerprint density at radius 2 is 1.78 bits per heavy atom. The van der Waals surface area contributed by atoms with Gasteiger partial charge in [-0.05, 0) is 33.3 Å². The highest BCUT2D eigenvalue weighted by Crippen LogP contribution is 2.11. The van der Waals surface area contributed by atoms with E-state index in [0.29, 0.717) is 6.42 Å². The molecule has 0 spiro atoms. The van der Waals surface area contributed by atoms with Gasteiger partial charge in [-0.15, -0.1) is 0 Å². The van der Waals surface area contributed by atoms with Crippen molar-refractivity contribution in [3.8, 4) is 0 Å². The van der Waals surface area contributed by atoms with E-state index in [0.717, 1.165) is 5.56 Å². The van der Waals surface area contributed by atoms with Gasteiger partial charge in [0.05, 0.1) is 5.66 Å². The zero-order valence-corrected chi connectivity index (χ0v) is 11.5. The molecule has 0 bridgehead atoms. The van der Waals surface area contributed by atoms with Crippen molar-refractivity contribution in [3.05, 3.63) is 35.9 Å². The average molecular weight is 250 g/mol. The number of benzene rings is 1. The van der Waals surface area contributed by atoms with Crippen LogP contribution in [0.5, 0.6) is 0 Å². The number of carbonyl (C=O) groups is 1. The third kappa shape index (κ3) is 5.68. The van der Waals surface area contributed by atoms with Gasteiger partial charge in [0.1, 0.15) is 5.60 Å². The Kier molecular flexibility index (Phi) is 4.35. The summed E-state index contributed by atoms with van der Waals surface area (Å²) in [6.45, 7) is 7.22. The molecule has 0 aliphatic rings. The van der Waals surface area contributed by atoms with Crippen molar-refractivity contribution in [2.45, 2.75) is 45.4 Å². The van der Waals surface area contributed by atoms with E-state index in [9.17, 15) is 4.79 Å². The highest BCUT2D eigenvalue weighted by molar-refractivity contribution is 5.68. The quantitative estimate of drug-likeness (QED) is 0.810. The van der Waals surface area contributed by atoms with Crippen molar-refractivity contribution < 1.29 is 9.53 Å². The highest BCUT2D eigenvalue weighted by Gasteiger charge is 2.25. The lowest BCUT2D eigenvalue weighted by molar-refractivity contribution is 0.0466. The summed E-state index contributed by atoms with van der Waals surface area (Å²) in [7, 11) is 0. The molecule has 0 fully saturated rings. The average Bonchev–Trinajstić information content (AvgIpc) is 2.13. The van der Waals surface area contributed by atoms with Gasteiger partial charge in [-0.25, -0.2) is 4.79 Å². The summed E-state index contributed by atoms with van der Waals surface area (Å²) >= 11 is 0. The van der Waals surface area contributed by atoms with Gasteiger partial charge < -0.3 is 15.8 Å². The number of rotatable bonds is 3. The van der Waals surface area contributed by atoms with Crippen LogP contribution in [0.15, 0.2) is 30.3 Å². The number of ether oxygens (including phenoxy) is 1. The maximum Gasteiger partial charge on any atom is 0.409 e. The number of amides is 1. The van der Waals surface area contributed by atoms with Crippen LogP contribution >= 0.6 is 0 Å². The van der Waals surface area contributed by atoms with E-state index in [2.05, 4.69) is 5.32 Å². The van der Waals surface area contributed by atoms with E-state index in [1.165, 1.54) is 0 Å². The van der Waals surface area contributed by atoms with Gasteiger partial charge in [0.25, 0.3) is 0 Å². The monoisotopic (exact) mass is 250 g/mol. The maximum absolute atomic E-state index is 11.7. The van der Waals surface area contributed by atoms with Gasteiger partial charge in [-0.2, -0.15) is 0 Å². The maximum atomic E-state index is 11.7. The lowest BCUT2D eigenvalue weighted by Crippen LogP contribution is -2.56. The summed E-state index contributed by atoms with van der Waals surface area (Å²) in [6, 6.07) is 9.78. The summed E-state index contributed by atoms with van der Waals surface area (Å²) < 4.78 is 5.18. The molecule has 18 heavy (non-hydrogen) atoms. The molecule has 0 aliphatic carbocycles. The van der Waals surface area contributed by atoms with E-state index in [4.69, 9.17) is 10.5 Å². The van der Waals surface area contributed by atoms with E-state index in [-0.39, 0.29) is 0 Å². The van der Waals surface area contributed by atoms with Crippen molar-refractivity contribution in [1.82, 2.24) is 5.32 Å². The molecule has 1 atom stereocenters. The Morgan fingerprint density at radius 1 is 1.22 bits per heavy atom. The molecule has 3 N–H and O–H groups in total. The first-order valence-corrected chi connectivity index (χ1v) is 6.02. The van der Waals surface area contributed by atoms with E-state index < -0.39 is 17.4 Å². The molecule has 1 amide bonds. The Balaban J connectivity index is 2.57. The van der Waals surface area contributed by atoms with Gasteiger partial charge in [0.2, 0.25) is 0 Å². The van der Waals surface area contributed by atoms with Crippen LogP contribution in [-0.2, 0) is 11.2 Å². The molecule has 0 heterocycles. The Bertz CT molecular complexity index is 394. The molecule has 1 aromatic rings. The minimum Gasteiger partial charge on any atom is -0.444 e. The smallest absolute Gasteiger partial charge is 0.409 e. The van der Waals surface area contributed by atoms with Gasteiger partial charge in [0.15, 0.2) is 0 Å². The van der Waals surface area contributed by atoms with Crippen LogP contribution in [0.3, 0.4) is 0 Å². The van der Waals surface area contributed by atoms with Crippen LogP contribution in [0.4, 0.5) is 4.79 Å². The van der Waals surface area contributed by atoms with Crippen molar-refractivity contribution >= 4 is 6.09 Å². The number of alkyl carbamates (subject to hydrolysis) is 1. The summed E-state index contributed by atoms with van der Waals surface area (Å²) in [6.07, 6.45) is 0.0519. The molecule has 0 radical (unpaired) electrons. The third-order valence-electron chi connectivity index (χ3n) is 2.20. The number of carbonyl (C=O) groups excluding carboxylic acids is 1. The normalized spacial score (nSPS) is 14.7. The Morgan fingerprint density at radius 3 is 2.28 bits per heavy atom. The predicted molar refractivity (Wildman–Crippen MR) is 72.1 cm³/mol. The fourth-order valence-corrected chi connectivity index (χ4v) is 1.60. The lowest BCUT2D eigenvalue weighted by Gasteiger charge is -2.28. The van der Waals surface area contributed by atoms with Crippen LogP contribution in [0, 0.1) is 0 Å². The van der Waals surface area contributed by atoms with E-state index >= 15 is 0 Å². The van der Waals surface area contributed by atoms with Gasteiger partial charge in [-0.3, -0.25) is 0 Å². The second-order valence-electron chi connectivity index (χ2n) is 5.71. The van der Waals surface area contributed by atoms with Gasteiger partial charge >= 0.3 is 6.09 Å². The summed E-state index contributed by atoms with van der Waals surface area (Å²) in [5.74, 6) is 0. The number of hydrogen-bond acceptors (Lipinski definition) is 3. The first-order valence-electron chi connectivity index (χ1n) is 6.02. The second kappa shape index (κ2) is 5.40. The molecular formula is C14H22N2O2. The molecule has 0 aliphatic heterocycles. The molecule has 1 aromatic carbocycles. The lowest BCUT2D eigenvalue weighted by atomic mass is 10.0. The van der Waals surface area contributed by atoms with Crippen LogP contribution in [0.25, 0.3) is 0 Å².